The highest BCUT2D eigenvalue weighted by atomic mass is 16.2. The molecule has 1 heterocycles. The molecule has 3 heteroatoms. The Morgan fingerprint density at radius 2 is 1.95 bits per heavy atom. The van der Waals surface area contributed by atoms with Crippen LogP contribution in [0.2, 0.25) is 0 Å². The van der Waals surface area contributed by atoms with Crippen molar-refractivity contribution in [2.24, 2.45) is 5.92 Å². The van der Waals surface area contributed by atoms with Crippen LogP contribution in [-0.2, 0) is 4.79 Å². The van der Waals surface area contributed by atoms with Crippen LogP contribution in [0, 0.1) is 12.8 Å². The molecule has 2 atom stereocenters. The van der Waals surface area contributed by atoms with E-state index in [0.29, 0.717) is 11.7 Å². The number of carbonyl (C=O) groups excluding carboxylic acids is 1. The maximum atomic E-state index is 12.1. The number of anilines is 1. The molecule has 19 heavy (non-hydrogen) atoms. The van der Waals surface area contributed by atoms with E-state index in [0.717, 1.165) is 12.1 Å². The fourth-order valence-electron chi connectivity index (χ4n) is 2.38. The minimum atomic E-state index is 0.0759. The van der Waals surface area contributed by atoms with Crippen molar-refractivity contribution < 1.29 is 4.79 Å². The number of amides is 1. The highest BCUT2D eigenvalue weighted by Crippen LogP contribution is 2.47. The zero-order valence-corrected chi connectivity index (χ0v) is 10.8. The van der Waals surface area contributed by atoms with Crippen LogP contribution in [0.25, 0.3) is 0 Å². The van der Waals surface area contributed by atoms with Gasteiger partial charge in [-0.05, 0) is 37.0 Å². The van der Waals surface area contributed by atoms with E-state index in [1.54, 1.807) is 0 Å². The Kier molecular flexibility index (Phi) is 3.03. The minimum Gasteiger partial charge on any atom is -0.310 e. The van der Waals surface area contributed by atoms with E-state index in [-0.39, 0.29) is 11.8 Å². The summed E-state index contributed by atoms with van der Waals surface area (Å²) in [5.41, 5.74) is 2.16. The lowest BCUT2D eigenvalue weighted by Gasteiger charge is -2.04. The van der Waals surface area contributed by atoms with Crippen molar-refractivity contribution in [3.05, 3.63) is 59.8 Å². The van der Waals surface area contributed by atoms with Gasteiger partial charge in [0.25, 0.3) is 0 Å². The van der Waals surface area contributed by atoms with Gasteiger partial charge in [-0.3, -0.25) is 4.79 Å². The number of hydrogen-bond donors (Lipinski definition) is 1. The van der Waals surface area contributed by atoms with Crippen molar-refractivity contribution >= 4 is 11.7 Å². The van der Waals surface area contributed by atoms with Gasteiger partial charge in [-0.1, -0.05) is 36.4 Å². The van der Waals surface area contributed by atoms with Crippen molar-refractivity contribution in [1.29, 1.82) is 0 Å². The SMILES string of the molecule is Cc1cccc(NC(=O)C2CC2c2ccccc2)n1. The molecular formula is C16H16N2O. The van der Waals surface area contributed by atoms with Gasteiger partial charge in [0.2, 0.25) is 5.91 Å². The summed E-state index contributed by atoms with van der Waals surface area (Å²) in [6, 6.07) is 15.8. The normalized spacial score (nSPS) is 20.9. The van der Waals surface area contributed by atoms with Gasteiger partial charge in [0.05, 0.1) is 0 Å². The summed E-state index contributed by atoms with van der Waals surface area (Å²) < 4.78 is 0. The van der Waals surface area contributed by atoms with Crippen LogP contribution in [0.15, 0.2) is 48.5 Å². The van der Waals surface area contributed by atoms with Gasteiger partial charge in [-0.15, -0.1) is 0 Å². The first-order chi connectivity index (χ1) is 9.24. The third-order valence-electron chi connectivity index (χ3n) is 3.49. The summed E-state index contributed by atoms with van der Waals surface area (Å²) in [5.74, 6) is 1.17. The van der Waals surface area contributed by atoms with Crippen LogP contribution >= 0.6 is 0 Å². The van der Waals surface area contributed by atoms with Crippen molar-refractivity contribution in [2.75, 3.05) is 5.32 Å². The van der Waals surface area contributed by atoms with E-state index in [4.69, 9.17) is 0 Å². The van der Waals surface area contributed by atoms with Crippen LogP contribution in [0.3, 0.4) is 0 Å². The maximum absolute atomic E-state index is 12.1. The first kappa shape index (κ1) is 11.9. The Hall–Kier alpha value is -2.16. The van der Waals surface area contributed by atoms with Crippen LogP contribution < -0.4 is 5.32 Å². The van der Waals surface area contributed by atoms with E-state index in [1.165, 1.54) is 5.56 Å². The van der Waals surface area contributed by atoms with Crippen LogP contribution in [0.4, 0.5) is 5.82 Å². The zero-order valence-electron chi connectivity index (χ0n) is 10.8. The van der Waals surface area contributed by atoms with Crippen LogP contribution in [0.1, 0.15) is 23.6 Å². The fourth-order valence-corrected chi connectivity index (χ4v) is 2.38. The van der Waals surface area contributed by atoms with Crippen molar-refractivity contribution in [2.45, 2.75) is 19.3 Å². The maximum Gasteiger partial charge on any atom is 0.229 e. The predicted octanol–water partition coefficient (Wildman–Crippen LogP) is 3.13. The first-order valence-electron chi connectivity index (χ1n) is 6.53. The van der Waals surface area contributed by atoms with E-state index in [2.05, 4.69) is 22.4 Å². The number of carbonyl (C=O) groups is 1. The standard InChI is InChI=1S/C16H16N2O/c1-11-6-5-9-15(17-11)18-16(19)14-10-13(14)12-7-3-2-4-8-12/h2-9,13-14H,10H2,1H3,(H,17,18,19). The largest absolute Gasteiger partial charge is 0.310 e. The molecule has 1 fully saturated rings. The lowest BCUT2D eigenvalue weighted by molar-refractivity contribution is -0.117. The van der Waals surface area contributed by atoms with E-state index >= 15 is 0 Å². The molecule has 3 nitrogen and oxygen atoms in total. The lowest BCUT2D eigenvalue weighted by atomic mass is 10.1. The molecular weight excluding hydrogens is 236 g/mol. The summed E-state index contributed by atoms with van der Waals surface area (Å²) in [6.07, 6.45) is 0.932. The summed E-state index contributed by atoms with van der Waals surface area (Å²) in [6.45, 7) is 1.92. The molecule has 0 saturated heterocycles. The quantitative estimate of drug-likeness (QED) is 0.911. The molecule has 3 rings (SSSR count). The van der Waals surface area contributed by atoms with Gasteiger partial charge >= 0.3 is 0 Å². The second-order valence-corrected chi connectivity index (χ2v) is 5.01. The van der Waals surface area contributed by atoms with Crippen molar-refractivity contribution in [3.63, 3.8) is 0 Å². The lowest BCUT2D eigenvalue weighted by Crippen LogP contribution is -2.15. The number of aryl methyl sites for hydroxylation is 1. The molecule has 2 unspecified atom stereocenters. The smallest absolute Gasteiger partial charge is 0.229 e. The Labute approximate surface area is 112 Å². The molecule has 0 aliphatic heterocycles. The van der Waals surface area contributed by atoms with Crippen LogP contribution in [0.5, 0.6) is 0 Å². The number of nitrogens with one attached hydrogen (secondary N) is 1. The van der Waals surface area contributed by atoms with Crippen molar-refractivity contribution in [1.82, 2.24) is 4.98 Å². The molecule has 96 valence electrons. The van der Waals surface area contributed by atoms with E-state index in [9.17, 15) is 4.79 Å². The molecule has 1 aromatic carbocycles. The highest BCUT2D eigenvalue weighted by molar-refractivity contribution is 5.94. The second kappa shape index (κ2) is 4.84. The van der Waals surface area contributed by atoms with Crippen LogP contribution in [-0.4, -0.2) is 10.9 Å². The number of rotatable bonds is 3. The second-order valence-electron chi connectivity index (χ2n) is 5.01. The first-order valence-corrected chi connectivity index (χ1v) is 6.53. The molecule has 1 saturated carbocycles. The monoisotopic (exact) mass is 252 g/mol. The average molecular weight is 252 g/mol. The van der Waals surface area contributed by atoms with Gasteiger partial charge < -0.3 is 5.32 Å². The molecule has 1 amide bonds. The predicted molar refractivity (Wildman–Crippen MR) is 74.9 cm³/mol. The summed E-state index contributed by atoms with van der Waals surface area (Å²) in [7, 11) is 0. The molecule has 0 bridgehead atoms. The van der Waals surface area contributed by atoms with Gasteiger partial charge in [-0.2, -0.15) is 0 Å². The Morgan fingerprint density at radius 3 is 2.68 bits per heavy atom. The molecule has 1 N–H and O–H groups in total. The third-order valence-corrected chi connectivity index (χ3v) is 3.49. The van der Waals surface area contributed by atoms with Gasteiger partial charge in [0.15, 0.2) is 0 Å². The molecule has 0 spiro atoms. The summed E-state index contributed by atoms with van der Waals surface area (Å²) in [5, 5.41) is 2.89. The van der Waals surface area contributed by atoms with Gasteiger partial charge in [0.1, 0.15) is 5.82 Å². The average Bonchev–Trinajstić information content (AvgIpc) is 3.20. The number of hydrogen-bond acceptors (Lipinski definition) is 2. The number of aromatic nitrogens is 1. The topological polar surface area (TPSA) is 42.0 Å². The van der Waals surface area contributed by atoms with Crippen molar-refractivity contribution in [3.8, 4) is 0 Å². The third kappa shape index (κ3) is 2.65. The van der Waals surface area contributed by atoms with Gasteiger partial charge in [-0.25, -0.2) is 4.98 Å². The molecule has 1 aromatic heterocycles. The number of benzene rings is 1. The molecule has 0 radical (unpaired) electrons. The Bertz CT molecular complexity index is 595. The van der Waals surface area contributed by atoms with E-state index < -0.39 is 0 Å². The highest BCUT2D eigenvalue weighted by Gasteiger charge is 2.43. The summed E-state index contributed by atoms with van der Waals surface area (Å²) in [4.78, 5) is 16.4. The molecule has 1 aliphatic rings. The summed E-state index contributed by atoms with van der Waals surface area (Å²) >= 11 is 0. The fraction of sp³-hybridized carbons (Fsp3) is 0.250. The Balaban J connectivity index is 1.64. The Morgan fingerprint density at radius 1 is 1.16 bits per heavy atom. The zero-order chi connectivity index (χ0) is 13.2. The number of pyridine rings is 1. The minimum absolute atomic E-state index is 0.0759. The molecule has 1 aliphatic carbocycles. The number of nitrogens with zero attached hydrogens (tertiary/aromatic N) is 1. The van der Waals surface area contributed by atoms with Gasteiger partial charge in [0, 0.05) is 11.6 Å². The van der Waals surface area contributed by atoms with E-state index in [1.807, 2.05) is 43.3 Å². The molecule has 2 aromatic rings.